The number of nitriles is 1. The molecule has 0 saturated carbocycles. The lowest BCUT2D eigenvalue weighted by molar-refractivity contribution is -0.126. The summed E-state index contributed by atoms with van der Waals surface area (Å²) in [5.74, 6) is 1.24. The van der Waals surface area contributed by atoms with Crippen LogP contribution in [0.1, 0.15) is 68.1 Å². The summed E-state index contributed by atoms with van der Waals surface area (Å²) in [6.07, 6.45) is -2.89. The zero-order valence-electron chi connectivity index (χ0n) is 29.9. The standard InChI is InChI=1S/C36H47F3N8O2S2/c1-6-33-42-34(31-18-29(19-36(37,38)39)50-35(31)43-33)41-27-9-11-44(12-10-27)22-26-7-8-32-30(25(26)5)17-28(20-40)47(32)21-24(4)45-13-15-46(16-14-45)51(48,49)23(2)3/h7-8,17-18,23-24,27H,6,9-16,19,21-22H2,1-5H3,(H,41,42,43)/t24-/m0/s1. The van der Waals surface area contributed by atoms with Crippen LogP contribution in [0.5, 0.6) is 0 Å². The van der Waals surface area contributed by atoms with Crippen molar-refractivity contribution < 1.29 is 21.6 Å². The molecule has 2 fully saturated rings. The normalized spacial score (nSPS) is 18.2. The second-order valence-electron chi connectivity index (χ2n) is 14.2. The number of hydrogen-bond acceptors (Lipinski definition) is 9. The topological polar surface area (TPSA) is 110 Å². The predicted molar refractivity (Wildman–Crippen MR) is 197 cm³/mol. The maximum absolute atomic E-state index is 13.1. The quantitative estimate of drug-likeness (QED) is 0.190. The number of likely N-dealkylation sites (tertiary alicyclic amines) is 1. The third kappa shape index (κ3) is 8.20. The van der Waals surface area contributed by atoms with Crippen LogP contribution in [-0.2, 0) is 36.0 Å². The predicted octanol–water partition coefficient (Wildman–Crippen LogP) is 6.31. The number of rotatable bonds is 11. The number of thiophene rings is 1. The summed E-state index contributed by atoms with van der Waals surface area (Å²) in [6, 6.07) is 10.5. The lowest BCUT2D eigenvalue weighted by Crippen LogP contribution is -2.53. The van der Waals surface area contributed by atoms with Gasteiger partial charge in [0.05, 0.1) is 17.1 Å². The summed E-state index contributed by atoms with van der Waals surface area (Å²) in [5, 5.41) is 14.9. The molecule has 0 bridgehead atoms. The maximum Gasteiger partial charge on any atom is 0.393 e. The average molecular weight is 745 g/mol. The van der Waals surface area contributed by atoms with Gasteiger partial charge < -0.3 is 9.88 Å². The van der Waals surface area contributed by atoms with E-state index in [0.29, 0.717) is 66.7 Å². The molecule has 5 heterocycles. The van der Waals surface area contributed by atoms with Crippen LogP contribution < -0.4 is 5.32 Å². The molecule has 0 amide bonds. The largest absolute Gasteiger partial charge is 0.393 e. The van der Waals surface area contributed by atoms with Gasteiger partial charge in [0, 0.05) is 86.6 Å². The Hall–Kier alpha value is -3.29. The highest BCUT2D eigenvalue weighted by Crippen LogP contribution is 2.34. The highest BCUT2D eigenvalue weighted by molar-refractivity contribution is 7.89. The zero-order valence-corrected chi connectivity index (χ0v) is 31.6. The highest BCUT2D eigenvalue weighted by atomic mass is 32.2. The van der Waals surface area contributed by atoms with Gasteiger partial charge in [0.1, 0.15) is 28.2 Å². The summed E-state index contributed by atoms with van der Waals surface area (Å²) in [7, 11) is -3.27. The van der Waals surface area contributed by atoms with Gasteiger partial charge >= 0.3 is 6.18 Å². The van der Waals surface area contributed by atoms with E-state index in [9.17, 15) is 26.9 Å². The Bertz CT molecular complexity index is 2020. The number of piperidine rings is 1. The molecular formula is C36H47F3N8O2S2. The van der Waals surface area contributed by atoms with E-state index in [2.05, 4.69) is 61.7 Å². The Balaban J connectivity index is 1.09. The van der Waals surface area contributed by atoms with Crippen LogP contribution in [0.15, 0.2) is 24.3 Å². The summed E-state index contributed by atoms with van der Waals surface area (Å²) in [5.41, 5.74) is 4.02. The van der Waals surface area contributed by atoms with Crippen molar-refractivity contribution in [2.45, 2.75) is 96.9 Å². The second-order valence-corrected chi connectivity index (χ2v) is 17.8. The minimum atomic E-state index is -4.27. The summed E-state index contributed by atoms with van der Waals surface area (Å²) in [6.45, 7) is 15.0. The maximum atomic E-state index is 13.1. The molecule has 6 rings (SSSR count). The Morgan fingerprint density at radius 2 is 1.75 bits per heavy atom. The first-order chi connectivity index (χ1) is 24.2. The SMILES string of the molecule is CCc1nc(NC2CCN(Cc3ccc4c(cc(C#N)n4C[C@H](C)N4CCN(S(=O)(=O)C(C)C)CC4)c3C)CC2)c2cc(CC(F)(F)F)sc2n1. The monoisotopic (exact) mass is 744 g/mol. The van der Waals surface area contributed by atoms with Gasteiger partial charge in [0.2, 0.25) is 10.0 Å². The van der Waals surface area contributed by atoms with Crippen LogP contribution in [0.25, 0.3) is 21.1 Å². The lowest BCUT2D eigenvalue weighted by atomic mass is 10.0. The van der Waals surface area contributed by atoms with Gasteiger partial charge in [-0.1, -0.05) is 13.0 Å². The van der Waals surface area contributed by atoms with Gasteiger partial charge in [0.15, 0.2) is 0 Å². The molecule has 4 aromatic rings. The van der Waals surface area contributed by atoms with Gasteiger partial charge in [-0.15, -0.1) is 11.3 Å². The fourth-order valence-electron chi connectivity index (χ4n) is 7.30. The third-order valence-electron chi connectivity index (χ3n) is 10.4. The van der Waals surface area contributed by atoms with E-state index in [1.807, 2.05) is 13.0 Å². The van der Waals surface area contributed by atoms with Gasteiger partial charge in [-0.2, -0.15) is 22.7 Å². The van der Waals surface area contributed by atoms with E-state index >= 15 is 0 Å². The summed E-state index contributed by atoms with van der Waals surface area (Å²) < 4.78 is 68.3. The van der Waals surface area contributed by atoms with Gasteiger partial charge in [-0.05, 0) is 69.9 Å². The number of nitrogens with zero attached hydrogens (tertiary/aromatic N) is 7. The Morgan fingerprint density at radius 1 is 1.04 bits per heavy atom. The molecule has 276 valence electrons. The number of anilines is 1. The van der Waals surface area contributed by atoms with Crippen molar-refractivity contribution in [1.29, 1.82) is 5.26 Å². The molecule has 0 spiro atoms. The van der Waals surface area contributed by atoms with Crippen molar-refractivity contribution in [3.63, 3.8) is 0 Å². The number of sulfonamides is 1. The first-order valence-electron chi connectivity index (χ1n) is 17.8. The Labute approximate surface area is 302 Å². The molecule has 0 unspecified atom stereocenters. The van der Waals surface area contributed by atoms with Gasteiger partial charge in [0.25, 0.3) is 0 Å². The smallest absolute Gasteiger partial charge is 0.367 e. The average Bonchev–Trinajstić information content (AvgIpc) is 3.66. The van der Waals surface area contributed by atoms with Crippen molar-refractivity contribution in [3.05, 3.63) is 51.8 Å². The van der Waals surface area contributed by atoms with Crippen molar-refractivity contribution in [3.8, 4) is 6.07 Å². The number of aryl methyl sites for hydroxylation is 2. The molecule has 10 nitrogen and oxygen atoms in total. The number of aromatic nitrogens is 3. The number of nitrogens with one attached hydrogen (secondary N) is 1. The fraction of sp³-hybridized carbons (Fsp3) is 0.583. The van der Waals surface area contributed by atoms with E-state index in [1.54, 1.807) is 24.2 Å². The van der Waals surface area contributed by atoms with Crippen LogP contribution >= 0.6 is 11.3 Å². The second kappa shape index (κ2) is 15.0. The molecule has 1 aromatic carbocycles. The Morgan fingerprint density at radius 3 is 2.37 bits per heavy atom. The number of fused-ring (bicyclic) bond motifs is 2. The highest BCUT2D eigenvalue weighted by Gasteiger charge is 2.32. The Kier molecular flexibility index (Phi) is 11.0. The van der Waals surface area contributed by atoms with Crippen LogP contribution in [0.2, 0.25) is 0 Å². The first kappa shape index (κ1) is 37.5. The molecule has 1 atom stereocenters. The molecule has 0 radical (unpaired) electrons. The summed E-state index contributed by atoms with van der Waals surface area (Å²) >= 11 is 1.09. The van der Waals surface area contributed by atoms with E-state index in [0.717, 1.165) is 60.3 Å². The van der Waals surface area contributed by atoms with Crippen molar-refractivity contribution in [1.82, 2.24) is 28.6 Å². The molecular weight excluding hydrogens is 698 g/mol. The number of piperazine rings is 1. The summed E-state index contributed by atoms with van der Waals surface area (Å²) in [4.78, 5) is 14.7. The minimum Gasteiger partial charge on any atom is -0.367 e. The van der Waals surface area contributed by atoms with Crippen molar-refractivity contribution >= 4 is 48.3 Å². The van der Waals surface area contributed by atoms with Gasteiger partial charge in [-0.3, -0.25) is 9.80 Å². The van der Waals surface area contributed by atoms with E-state index < -0.39 is 27.9 Å². The number of alkyl halides is 3. The van der Waals surface area contributed by atoms with E-state index in [-0.39, 0.29) is 17.0 Å². The number of hydrogen-bond donors (Lipinski definition) is 1. The molecule has 2 saturated heterocycles. The lowest BCUT2D eigenvalue weighted by Gasteiger charge is -2.38. The molecule has 1 N–H and O–H groups in total. The number of halogens is 3. The van der Waals surface area contributed by atoms with Crippen molar-refractivity contribution in [2.75, 3.05) is 44.6 Å². The molecule has 3 aromatic heterocycles. The zero-order chi connectivity index (χ0) is 36.7. The number of benzene rings is 1. The van der Waals surface area contributed by atoms with Crippen LogP contribution in [-0.4, -0.2) is 99.8 Å². The minimum absolute atomic E-state index is 0.125. The molecule has 2 aliphatic heterocycles. The van der Waals surface area contributed by atoms with Crippen LogP contribution in [0, 0.1) is 18.3 Å². The molecule has 15 heteroatoms. The molecule has 0 aliphatic carbocycles. The third-order valence-corrected chi connectivity index (χ3v) is 13.7. The van der Waals surface area contributed by atoms with Gasteiger partial charge in [-0.25, -0.2) is 18.4 Å². The fourth-order valence-corrected chi connectivity index (χ4v) is 9.64. The van der Waals surface area contributed by atoms with Crippen LogP contribution in [0.3, 0.4) is 0 Å². The molecule has 51 heavy (non-hydrogen) atoms. The van der Waals surface area contributed by atoms with E-state index in [1.165, 1.54) is 5.56 Å². The first-order valence-corrected chi connectivity index (χ1v) is 20.1. The molecule has 2 aliphatic rings. The van der Waals surface area contributed by atoms with Crippen LogP contribution in [0.4, 0.5) is 19.0 Å². The van der Waals surface area contributed by atoms with E-state index in [4.69, 9.17) is 0 Å². The van der Waals surface area contributed by atoms with Crippen molar-refractivity contribution in [2.24, 2.45) is 0 Å².